The number of fused-ring (bicyclic) bond motifs is 1. The van der Waals surface area contributed by atoms with Crippen LogP contribution in [0.1, 0.15) is 30.8 Å². The first-order valence-corrected chi connectivity index (χ1v) is 11.6. The third-order valence-electron chi connectivity index (χ3n) is 6.48. The molecule has 1 saturated heterocycles. The van der Waals surface area contributed by atoms with Crippen molar-refractivity contribution in [3.63, 3.8) is 0 Å². The van der Waals surface area contributed by atoms with Crippen molar-refractivity contribution in [1.82, 2.24) is 19.6 Å². The van der Waals surface area contributed by atoms with Crippen molar-refractivity contribution >= 4 is 28.5 Å². The Kier molecular flexibility index (Phi) is 5.88. The van der Waals surface area contributed by atoms with Crippen LogP contribution in [0.4, 0.5) is 5.69 Å². The predicted octanol–water partition coefficient (Wildman–Crippen LogP) is 4.10. The second kappa shape index (κ2) is 9.13. The highest BCUT2D eigenvalue weighted by atomic mass is 16.5. The zero-order chi connectivity index (χ0) is 23.7. The molecule has 8 nitrogen and oxygen atoms in total. The largest absolute Gasteiger partial charge is 0.359 e. The van der Waals surface area contributed by atoms with Gasteiger partial charge in [-0.15, -0.1) is 0 Å². The maximum absolute atomic E-state index is 13.2. The quantitative estimate of drug-likeness (QED) is 0.471. The van der Waals surface area contributed by atoms with Crippen molar-refractivity contribution in [2.45, 2.75) is 38.6 Å². The molecule has 0 aliphatic carbocycles. The molecular weight excluding hydrogens is 430 g/mol. The van der Waals surface area contributed by atoms with Gasteiger partial charge in [0.1, 0.15) is 23.2 Å². The van der Waals surface area contributed by atoms with E-state index in [0.29, 0.717) is 42.9 Å². The second-order valence-electron chi connectivity index (χ2n) is 8.64. The van der Waals surface area contributed by atoms with Crippen LogP contribution in [0.3, 0.4) is 0 Å². The lowest BCUT2D eigenvalue weighted by Crippen LogP contribution is -2.43. The van der Waals surface area contributed by atoms with Gasteiger partial charge in [-0.05, 0) is 31.9 Å². The number of aromatic nitrogens is 3. The van der Waals surface area contributed by atoms with Crippen LogP contribution in [-0.2, 0) is 23.1 Å². The molecule has 0 saturated carbocycles. The summed E-state index contributed by atoms with van der Waals surface area (Å²) in [7, 11) is 1.97. The number of rotatable bonds is 6. The molecule has 34 heavy (non-hydrogen) atoms. The van der Waals surface area contributed by atoms with E-state index in [-0.39, 0.29) is 11.8 Å². The van der Waals surface area contributed by atoms with Crippen LogP contribution in [0.25, 0.3) is 22.3 Å². The van der Waals surface area contributed by atoms with Gasteiger partial charge in [0.15, 0.2) is 5.76 Å². The number of hydrogen-bond acceptors (Lipinski definition) is 5. The molecule has 174 valence electrons. The van der Waals surface area contributed by atoms with Gasteiger partial charge in [-0.2, -0.15) is 0 Å². The van der Waals surface area contributed by atoms with Gasteiger partial charge in [0.25, 0.3) is 0 Å². The molecule has 1 fully saturated rings. The summed E-state index contributed by atoms with van der Waals surface area (Å²) in [5.74, 6) is 1.15. The first kappa shape index (κ1) is 21.9. The lowest BCUT2D eigenvalue weighted by molar-refractivity contribution is -0.136. The van der Waals surface area contributed by atoms with Gasteiger partial charge in [0.05, 0.1) is 11.0 Å². The van der Waals surface area contributed by atoms with Crippen LogP contribution in [0.15, 0.2) is 59.1 Å². The van der Waals surface area contributed by atoms with Gasteiger partial charge in [-0.1, -0.05) is 47.6 Å². The minimum Gasteiger partial charge on any atom is -0.359 e. The Morgan fingerprint density at radius 1 is 1.12 bits per heavy atom. The molecule has 2 aromatic carbocycles. The monoisotopic (exact) mass is 457 g/mol. The highest BCUT2D eigenvalue weighted by Crippen LogP contribution is 2.31. The van der Waals surface area contributed by atoms with Gasteiger partial charge in [0, 0.05) is 32.0 Å². The summed E-state index contributed by atoms with van der Waals surface area (Å²) < 4.78 is 7.38. The molecule has 2 aromatic heterocycles. The van der Waals surface area contributed by atoms with E-state index in [1.54, 1.807) is 11.8 Å². The molecule has 3 heterocycles. The summed E-state index contributed by atoms with van der Waals surface area (Å²) in [5, 5.41) is 7.11. The van der Waals surface area contributed by atoms with Crippen molar-refractivity contribution in [2.75, 3.05) is 11.9 Å². The number of amides is 2. The van der Waals surface area contributed by atoms with Crippen LogP contribution < -0.4 is 5.32 Å². The standard InChI is InChI=1S/C26H27N5O3/c1-17-24(25(29-34-17)18-9-4-3-5-10-18)28-26(33)21-13-8-16-31(21)23(32)15-14-22-27-19-11-6-7-12-20(19)30(22)2/h3-7,9-12,21H,8,13-16H2,1-2H3,(H,28,33)/t21-/m0/s1. The van der Waals surface area contributed by atoms with Crippen LogP contribution in [0.2, 0.25) is 0 Å². The molecule has 0 unspecified atom stereocenters. The van der Waals surface area contributed by atoms with E-state index in [0.717, 1.165) is 28.8 Å². The Labute approximate surface area is 197 Å². The average molecular weight is 458 g/mol. The Bertz CT molecular complexity index is 1340. The predicted molar refractivity (Wildman–Crippen MR) is 129 cm³/mol. The number of hydrogen-bond donors (Lipinski definition) is 1. The summed E-state index contributed by atoms with van der Waals surface area (Å²) in [4.78, 5) is 32.7. The van der Waals surface area contributed by atoms with Crippen molar-refractivity contribution in [2.24, 2.45) is 7.05 Å². The molecule has 0 spiro atoms. The highest BCUT2D eigenvalue weighted by molar-refractivity contribution is 6.00. The summed E-state index contributed by atoms with van der Waals surface area (Å²) in [6.07, 6.45) is 2.26. The van der Waals surface area contributed by atoms with E-state index in [1.165, 1.54) is 0 Å². The van der Waals surface area contributed by atoms with E-state index in [4.69, 9.17) is 4.52 Å². The van der Waals surface area contributed by atoms with Crippen molar-refractivity contribution < 1.29 is 14.1 Å². The van der Waals surface area contributed by atoms with E-state index in [2.05, 4.69) is 15.5 Å². The molecule has 4 aromatic rings. The van der Waals surface area contributed by atoms with Crippen molar-refractivity contribution in [1.29, 1.82) is 0 Å². The smallest absolute Gasteiger partial charge is 0.247 e. The Morgan fingerprint density at radius 3 is 2.68 bits per heavy atom. The first-order valence-electron chi connectivity index (χ1n) is 11.6. The molecule has 2 amide bonds. The first-order chi connectivity index (χ1) is 16.5. The number of para-hydroxylation sites is 2. The third kappa shape index (κ3) is 4.07. The fraction of sp³-hybridized carbons (Fsp3) is 0.308. The van der Waals surface area contributed by atoms with E-state index >= 15 is 0 Å². The topological polar surface area (TPSA) is 93.3 Å². The summed E-state index contributed by atoms with van der Waals surface area (Å²) in [6.45, 7) is 2.34. The normalized spacial score (nSPS) is 15.7. The average Bonchev–Trinajstić information content (AvgIpc) is 3.57. The van der Waals surface area contributed by atoms with Crippen LogP contribution in [0, 0.1) is 6.92 Å². The lowest BCUT2D eigenvalue weighted by atomic mass is 10.1. The molecule has 0 radical (unpaired) electrons. The van der Waals surface area contributed by atoms with Crippen molar-refractivity contribution in [3.05, 3.63) is 66.2 Å². The zero-order valence-corrected chi connectivity index (χ0v) is 19.3. The summed E-state index contributed by atoms with van der Waals surface area (Å²) >= 11 is 0. The van der Waals surface area contributed by atoms with E-state index in [9.17, 15) is 9.59 Å². The fourth-order valence-corrected chi connectivity index (χ4v) is 4.64. The van der Waals surface area contributed by atoms with Gasteiger partial charge >= 0.3 is 0 Å². The second-order valence-corrected chi connectivity index (χ2v) is 8.64. The van der Waals surface area contributed by atoms with E-state index < -0.39 is 6.04 Å². The Balaban J connectivity index is 1.27. The molecular formula is C26H27N5O3. The molecule has 8 heteroatoms. The minimum atomic E-state index is -0.508. The number of aryl methyl sites for hydroxylation is 3. The SMILES string of the molecule is Cc1onc(-c2ccccc2)c1NC(=O)[C@@H]1CCCN1C(=O)CCc1nc2ccccc2n1C. The van der Waals surface area contributed by atoms with Crippen LogP contribution in [0.5, 0.6) is 0 Å². The highest BCUT2D eigenvalue weighted by Gasteiger charge is 2.35. The third-order valence-corrected chi connectivity index (χ3v) is 6.48. The summed E-state index contributed by atoms with van der Waals surface area (Å²) in [6, 6.07) is 17.0. The molecule has 1 aliphatic rings. The maximum atomic E-state index is 13.2. The van der Waals surface area contributed by atoms with Crippen LogP contribution in [-0.4, -0.2) is 44.0 Å². The van der Waals surface area contributed by atoms with Gasteiger partial charge in [-0.3, -0.25) is 9.59 Å². The molecule has 1 N–H and O–H groups in total. The fourth-order valence-electron chi connectivity index (χ4n) is 4.64. The number of imidazole rings is 1. The molecule has 1 atom stereocenters. The van der Waals surface area contributed by atoms with Crippen LogP contribution >= 0.6 is 0 Å². The molecule has 0 bridgehead atoms. The number of benzene rings is 2. The maximum Gasteiger partial charge on any atom is 0.247 e. The number of carbonyl (C=O) groups excluding carboxylic acids is 2. The number of anilines is 1. The number of likely N-dealkylation sites (tertiary alicyclic amines) is 1. The Hall–Kier alpha value is -3.94. The minimum absolute atomic E-state index is 0.0324. The molecule has 5 rings (SSSR count). The van der Waals surface area contributed by atoms with Gasteiger partial charge in [0.2, 0.25) is 11.8 Å². The van der Waals surface area contributed by atoms with E-state index in [1.807, 2.05) is 66.2 Å². The molecule has 1 aliphatic heterocycles. The van der Waals surface area contributed by atoms with Crippen molar-refractivity contribution in [3.8, 4) is 11.3 Å². The number of nitrogens with one attached hydrogen (secondary N) is 1. The number of carbonyl (C=O) groups is 2. The number of nitrogens with zero attached hydrogens (tertiary/aromatic N) is 4. The lowest BCUT2D eigenvalue weighted by Gasteiger charge is -2.24. The van der Waals surface area contributed by atoms with Gasteiger partial charge in [-0.25, -0.2) is 4.98 Å². The summed E-state index contributed by atoms with van der Waals surface area (Å²) in [5.41, 5.74) is 3.96. The zero-order valence-electron chi connectivity index (χ0n) is 19.3. The Morgan fingerprint density at radius 2 is 1.88 bits per heavy atom. The van der Waals surface area contributed by atoms with Gasteiger partial charge < -0.3 is 19.3 Å².